The van der Waals surface area contributed by atoms with Crippen molar-refractivity contribution in [1.82, 2.24) is 0 Å². The second-order valence-electron chi connectivity index (χ2n) is 3.47. The lowest BCUT2D eigenvalue weighted by Crippen LogP contribution is -1.94. The molecule has 0 atom stereocenters. The van der Waals surface area contributed by atoms with Gasteiger partial charge in [0.25, 0.3) is 0 Å². The Morgan fingerprint density at radius 1 is 1.29 bits per heavy atom. The molecule has 0 spiro atoms. The lowest BCUT2D eigenvalue weighted by Gasteiger charge is -2.06. The number of ketones is 1. The summed E-state index contributed by atoms with van der Waals surface area (Å²) in [5.41, 5.74) is 0.681. The van der Waals surface area contributed by atoms with Crippen molar-refractivity contribution in [2.45, 2.75) is 13.8 Å². The van der Waals surface area contributed by atoms with Crippen LogP contribution in [0.3, 0.4) is 0 Å². The Morgan fingerprint density at radius 2 is 1.94 bits per heavy atom. The Bertz CT molecular complexity index is 450. The first-order valence-electron chi connectivity index (χ1n) is 5.41. The van der Waals surface area contributed by atoms with Gasteiger partial charge in [0.2, 0.25) is 0 Å². The van der Waals surface area contributed by atoms with Crippen LogP contribution in [0.1, 0.15) is 24.2 Å². The second kappa shape index (κ2) is 6.48. The largest absolute Gasteiger partial charge is 0.458 e. The summed E-state index contributed by atoms with van der Waals surface area (Å²) >= 11 is 0. The van der Waals surface area contributed by atoms with Gasteiger partial charge >= 0.3 is 0 Å². The molecule has 1 aromatic carbocycles. The summed E-state index contributed by atoms with van der Waals surface area (Å²) in [6.45, 7) is 7.04. The summed E-state index contributed by atoms with van der Waals surface area (Å²) in [5.74, 6) is 1.49. The van der Waals surface area contributed by atoms with Gasteiger partial charge in [-0.1, -0.05) is 18.7 Å². The van der Waals surface area contributed by atoms with E-state index in [0.29, 0.717) is 11.3 Å². The normalized spacial score (nSPS) is 11.5. The van der Waals surface area contributed by atoms with Crippen LogP contribution in [0.25, 0.3) is 0 Å². The predicted molar refractivity (Wildman–Crippen MR) is 70.2 cm³/mol. The molecule has 0 amide bonds. The minimum absolute atomic E-state index is 0.0503. The number of rotatable bonds is 5. The van der Waals surface area contributed by atoms with Gasteiger partial charge in [-0.05, 0) is 50.3 Å². The van der Waals surface area contributed by atoms with E-state index in [0.717, 1.165) is 5.76 Å². The van der Waals surface area contributed by atoms with Gasteiger partial charge in [-0.25, -0.2) is 0 Å². The van der Waals surface area contributed by atoms with Gasteiger partial charge in [0.1, 0.15) is 11.5 Å². The molecular formula is C15H16O2. The second-order valence-corrected chi connectivity index (χ2v) is 3.47. The molecule has 0 heterocycles. The summed E-state index contributed by atoms with van der Waals surface area (Å²) in [4.78, 5) is 11.1. The van der Waals surface area contributed by atoms with Crippen molar-refractivity contribution >= 4 is 5.78 Å². The van der Waals surface area contributed by atoms with Crippen molar-refractivity contribution in [2.24, 2.45) is 0 Å². The maximum Gasteiger partial charge on any atom is 0.159 e. The predicted octanol–water partition coefficient (Wildman–Crippen LogP) is 3.91. The highest BCUT2D eigenvalue weighted by Gasteiger charge is 2.00. The van der Waals surface area contributed by atoms with Crippen molar-refractivity contribution in [2.75, 3.05) is 0 Å². The number of ether oxygens (including phenoxy) is 1. The Morgan fingerprint density at radius 3 is 2.41 bits per heavy atom. The Hall–Kier alpha value is -2.09. The lowest BCUT2D eigenvalue weighted by atomic mass is 10.1. The zero-order valence-corrected chi connectivity index (χ0v) is 10.1. The van der Waals surface area contributed by atoms with Crippen LogP contribution < -0.4 is 4.74 Å². The van der Waals surface area contributed by atoms with E-state index in [9.17, 15) is 4.79 Å². The highest BCUT2D eigenvalue weighted by Crippen LogP contribution is 2.16. The molecule has 0 fully saturated rings. The molecule has 0 saturated carbocycles. The van der Waals surface area contributed by atoms with Crippen molar-refractivity contribution in [3.63, 3.8) is 0 Å². The summed E-state index contributed by atoms with van der Waals surface area (Å²) in [7, 11) is 0. The van der Waals surface area contributed by atoms with E-state index < -0.39 is 0 Å². The van der Waals surface area contributed by atoms with Gasteiger partial charge in [-0.2, -0.15) is 0 Å². The smallest absolute Gasteiger partial charge is 0.159 e. The first kappa shape index (κ1) is 13.0. The number of hydrogen-bond donors (Lipinski definition) is 0. The standard InChI is InChI=1S/C15H16O2/c1-4-6-7-14(5-2)17-15-10-8-13(9-11-15)12(3)16/h4-11H,1H2,2-3H3/b7-6-,14-5+. The minimum Gasteiger partial charge on any atom is -0.458 e. The maximum absolute atomic E-state index is 11.1. The van der Waals surface area contributed by atoms with Gasteiger partial charge < -0.3 is 4.74 Å². The molecule has 2 heteroatoms. The quantitative estimate of drug-likeness (QED) is 0.434. The number of benzene rings is 1. The molecule has 0 bridgehead atoms. The molecule has 0 aliphatic heterocycles. The van der Waals surface area contributed by atoms with Crippen molar-refractivity contribution in [3.8, 4) is 5.75 Å². The number of hydrogen-bond acceptors (Lipinski definition) is 2. The van der Waals surface area contributed by atoms with E-state index in [1.54, 1.807) is 43.3 Å². The molecule has 0 aliphatic carbocycles. The van der Waals surface area contributed by atoms with Crippen LogP contribution >= 0.6 is 0 Å². The minimum atomic E-state index is 0.0503. The average molecular weight is 228 g/mol. The fourth-order valence-electron chi connectivity index (χ4n) is 1.25. The number of allylic oxidation sites excluding steroid dienone is 4. The van der Waals surface area contributed by atoms with E-state index in [1.165, 1.54) is 0 Å². The monoisotopic (exact) mass is 228 g/mol. The average Bonchev–Trinajstić information content (AvgIpc) is 2.35. The third-order valence-corrected chi connectivity index (χ3v) is 2.18. The Balaban J connectivity index is 2.77. The van der Waals surface area contributed by atoms with Crippen LogP contribution in [0.5, 0.6) is 5.75 Å². The highest BCUT2D eigenvalue weighted by atomic mass is 16.5. The van der Waals surface area contributed by atoms with E-state index in [2.05, 4.69) is 6.58 Å². The summed E-state index contributed by atoms with van der Waals surface area (Å²) < 4.78 is 5.62. The van der Waals surface area contributed by atoms with Crippen LogP contribution in [-0.2, 0) is 0 Å². The molecule has 0 saturated heterocycles. The topological polar surface area (TPSA) is 26.3 Å². The number of carbonyl (C=O) groups excluding carboxylic acids is 1. The molecular weight excluding hydrogens is 212 g/mol. The summed E-state index contributed by atoms with van der Waals surface area (Å²) in [6.07, 6.45) is 7.18. The van der Waals surface area contributed by atoms with Gasteiger partial charge in [-0.3, -0.25) is 4.79 Å². The molecule has 88 valence electrons. The van der Waals surface area contributed by atoms with E-state index in [4.69, 9.17) is 4.74 Å². The molecule has 0 radical (unpaired) electrons. The molecule has 0 aliphatic rings. The van der Waals surface area contributed by atoms with E-state index in [1.807, 2.05) is 19.1 Å². The Kier molecular flexibility index (Phi) is 4.95. The highest BCUT2D eigenvalue weighted by molar-refractivity contribution is 5.94. The Labute approximate surface area is 102 Å². The first-order chi connectivity index (χ1) is 8.17. The SMILES string of the molecule is C=C/C=C\C(=C/C)Oc1ccc(C(C)=O)cc1. The molecule has 17 heavy (non-hydrogen) atoms. The number of carbonyl (C=O) groups is 1. The van der Waals surface area contributed by atoms with Crippen LogP contribution in [0.4, 0.5) is 0 Å². The third kappa shape index (κ3) is 4.11. The van der Waals surface area contributed by atoms with Crippen molar-refractivity contribution in [3.05, 3.63) is 66.5 Å². The van der Waals surface area contributed by atoms with Crippen molar-refractivity contribution in [1.29, 1.82) is 0 Å². The molecule has 0 aromatic heterocycles. The van der Waals surface area contributed by atoms with Crippen LogP contribution in [-0.4, -0.2) is 5.78 Å². The third-order valence-electron chi connectivity index (χ3n) is 2.18. The van der Waals surface area contributed by atoms with E-state index in [-0.39, 0.29) is 5.78 Å². The molecule has 0 N–H and O–H groups in total. The fraction of sp³-hybridized carbons (Fsp3) is 0.133. The first-order valence-corrected chi connectivity index (χ1v) is 5.41. The van der Waals surface area contributed by atoms with Gasteiger partial charge in [0.15, 0.2) is 5.78 Å². The summed E-state index contributed by atoms with van der Waals surface area (Å²) in [5, 5.41) is 0. The van der Waals surface area contributed by atoms with Gasteiger partial charge in [0, 0.05) is 5.56 Å². The zero-order chi connectivity index (χ0) is 12.7. The van der Waals surface area contributed by atoms with Gasteiger partial charge in [-0.15, -0.1) is 0 Å². The van der Waals surface area contributed by atoms with Crippen LogP contribution in [0.2, 0.25) is 0 Å². The van der Waals surface area contributed by atoms with E-state index >= 15 is 0 Å². The summed E-state index contributed by atoms with van der Waals surface area (Å²) in [6, 6.07) is 7.06. The van der Waals surface area contributed by atoms with Crippen molar-refractivity contribution < 1.29 is 9.53 Å². The zero-order valence-electron chi connectivity index (χ0n) is 10.1. The molecule has 0 unspecified atom stereocenters. The lowest BCUT2D eigenvalue weighted by molar-refractivity contribution is 0.101. The van der Waals surface area contributed by atoms with Gasteiger partial charge in [0.05, 0.1) is 0 Å². The molecule has 2 nitrogen and oxygen atoms in total. The number of Topliss-reactive ketones (excluding diaryl/α,β-unsaturated/α-hetero) is 1. The fourth-order valence-corrected chi connectivity index (χ4v) is 1.25. The molecule has 1 aromatic rings. The maximum atomic E-state index is 11.1. The molecule has 1 rings (SSSR count). The van der Waals surface area contributed by atoms with Crippen LogP contribution in [0, 0.1) is 0 Å². The van der Waals surface area contributed by atoms with Crippen LogP contribution in [0.15, 0.2) is 60.9 Å².